The number of rotatable bonds is 5. The molecule has 0 radical (unpaired) electrons. The summed E-state index contributed by atoms with van der Waals surface area (Å²) in [6.07, 6.45) is 0. The molecule has 0 fully saturated rings. The summed E-state index contributed by atoms with van der Waals surface area (Å²) in [5.41, 5.74) is 0.461. The van der Waals surface area contributed by atoms with E-state index in [1.807, 2.05) is 22.6 Å². The number of halogens is 1. The number of hydrogen-bond acceptors (Lipinski definition) is 5. The van der Waals surface area contributed by atoms with Crippen LogP contribution in [-0.4, -0.2) is 36.9 Å². The first-order valence-corrected chi connectivity index (χ1v) is 8.74. The molecule has 0 aromatic heterocycles. The van der Waals surface area contributed by atoms with Gasteiger partial charge in [-0.2, -0.15) is 0 Å². The molecule has 2 rings (SSSR count). The second-order valence-corrected chi connectivity index (χ2v) is 7.36. The third-order valence-electron chi connectivity index (χ3n) is 3.16. The Labute approximate surface area is 157 Å². The molecule has 0 spiro atoms. The van der Waals surface area contributed by atoms with Crippen molar-refractivity contribution in [3.63, 3.8) is 0 Å². The monoisotopic (exact) mass is 458 g/mol. The Morgan fingerprint density at radius 2 is 1.88 bits per heavy atom. The number of carbonyl (C=O) groups is 1. The van der Waals surface area contributed by atoms with Crippen molar-refractivity contribution in [3.05, 3.63) is 55.6 Å². The summed E-state index contributed by atoms with van der Waals surface area (Å²) in [6, 6.07) is 10.1. The van der Waals surface area contributed by atoms with Crippen molar-refractivity contribution in [2.75, 3.05) is 21.2 Å². The predicted molar refractivity (Wildman–Crippen MR) is 101 cm³/mol. The SMILES string of the molecule is COc1ccc(Sc2ccc(I)cc2[N+](=O)[O-])c(C(=O)N(C)C)c1. The molecule has 2 aromatic carbocycles. The quantitative estimate of drug-likeness (QED) is 0.384. The van der Waals surface area contributed by atoms with Crippen molar-refractivity contribution in [1.82, 2.24) is 4.90 Å². The zero-order valence-electron chi connectivity index (χ0n) is 13.3. The first kappa shape index (κ1) is 18.5. The number of benzene rings is 2. The molecule has 126 valence electrons. The van der Waals surface area contributed by atoms with E-state index in [1.54, 1.807) is 44.4 Å². The number of ether oxygens (including phenoxy) is 1. The molecule has 0 unspecified atom stereocenters. The van der Waals surface area contributed by atoms with E-state index in [1.165, 1.54) is 29.8 Å². The number of nitro groups is 1. The van der Waals surface area contributed by atoms with Gasteiger partial charge in [-0.15, -0.1) is 0 Å². The Morgan fingerprint density at radius 3 is 2.46 bits per heavy atom. The molecule has 0 aliphatic heterocycles. The molecule has 0 aliphatic carbocycles. The molecule has 6 nitrogen and oxygen atoms in total. The van der Waals surface area contributed by atoms with Crippen LogP contribution in [0.5, 0.6) is 5.75 Å². The Kier molecular flexibility index (Phi) is 6.05. The molecule has 0 aliphatic rings. The van der Waals surface area contributed by atoms with E-state index in [0.717, 1.165) is 3.57 Å². The highest BCUT2D eigenvalue weighted by atomic mass is 127. The Hall–Kier alpha value is -1.81. The Balaban J connectivity index is 2.50. The average molecular weight is 458 g/mol. The smallest absolute Gasteiger partial charge is 0.284 e. The number of nitrogens with zero attached hydrogens (tertiary/aromatic N) is 2. The molecule has 0 saturated carbocycles. The predicted octanol–water partition coefficient (Wildman–Crippen LogP) is 4.06. The molecule has 0 bridgehead atoms. The average Bonchev–Trinajstić information content (AvgIpc) is 2.55. The maximum Gasteiger partial charge on any atom is 0.284 e. The number of amides is 1. The molecule has 8 heteroatoms. The Bertz CT molecular complexity index is 796. The van der Waals surface area contributed by atoms with Gasteiger partial charge in [0.2, 0.25) is 0 Å². The van der Waals surface area contributed by atoms with Gasteiger partial charge in [-0.1, -0.05) is 11.8 Å². The highest BCUT2D eigenvalue weighted by Crippen LogP contribution is 2.38. The van der Waals surface area contributed by atoms with Crippen LogP contribution in [0.2, 0.25) is 0 Å². The van der Waals surface area contributed by atoms with E-state index in [9.17, 15) is 14.9 Å². The lowest BCUT2D eigenvalue weighted by Gasteiger charge is -2.15. The number of nitro benzene ring substituents is 1. The van der Waals surface area contributed by atoms with Crippen molar-refractivity contribution in [2.45, 2.75) is 9.79 Å². The van der Waals surface area contributed by atoms with Gasteiger partial charge in [0.05, 0.1) is 22.5 Å². The molecule has 0 heterocycles. The second-order valence-electron chi connectivity index (χ2n) is 5.03. The van der Waals surface area contributed by atoms with E-state index >= 15 is 0 Å². The minimum absolute atomic E-state index is 0.0194. The fourth-order valence-corrected chi connectivity index (χ4v) is 3.45. The van der Waals surface area contributed by atoms with Crippen LogP contribution in [0.25, 0.3) is 0 Å². The second kappa shape index (κ2) is 7.84. The molecule has 2 aromatic rings. The van der Waals surface area contributed by atoms with Gasteiger partial charge in [-0.05, 0) is 52.9 Å². The molecule has 1 amide bonds. The molecule has 0 N–H and O–H groups in total. The van der Waals surface area contributed by atoms with E-state index < -0.39 is 4.92 Å². The van der Waals surface area contributed by atoms with Crippen LogP contribution in [0.15, 0.2) is 46.2 Å². The fraction of sp³-hybridized carbons (Fsp3) is 0.188. The van der Waals surface area contributed by atoms with Gasteiger partial charge < -0.3 is 9.64 Å². The van der Waals surface area contributed by atoms with E-state index in [2.05, 4.69) is 0 Å². The van der Waals surface area contributed by atoms with Crippen LogP contribution in [0.4, 0.5) is 5.69 Å². The lowest BCUT2D eigenvalue weighted by molar-refractivity contribution is -0.387. The summed E-state index contributed by atoms with van der Waals surface area (Å²) in [5, 5.41) is 11.3. The third kappa shape index (κ3) is 4.18. The van der Waals surface area contributed by atoms with Gasteiger partial charge in [0.25, 0.3) is 11.6 Å². The van der Waals surface area contributed by atoms with Gasteiger partial charge in [0.15, 0.2) is 0 Å². The highest BCUT2D eigenvalue weighted by molar-refractivity contribution is 14.1. The minimum atomic E-state index is -0.415. The van der Waals surface area contributed by atoms with Crippen LogP contribution >= 0.6 is 34.4 Å². The zero-order chi connectivity index (χ0) is 17.9. The first-order chi connectivity index (χ1) is 11.3. The van der Waals surface area contributed by atoms with Crippen molar-refractivity contribution in [1.29, 1.82) is 0 Å². The van der Waals surface area contributed by atoms with E-state index in [4.69, 9.17) is 4.74 Å². The minimum Gasteiger partial charge on any atom is -0.497 e. The van der Waals surface area contributed by atoms with E-state index in [-0.39, 0.29) is 11.6 Å². The first-order valence-electron chi connectivity index (χ1n) is 6.85. The van der Waals surface area contributed by atoms with Crippen molar-refractivity contribution >= 4 is 45.9 Å². The lowest BCUT2D eigenvalue weighted by atomic mass is 10.2. The number of carbonyl (C=O) groups excluding carboxylic acids is 1. The lowest BCUT2D eigenvalue weighted by Crippen LogP contribution is -2.22. The highest BCUT2D eigenvalue weighted by Gasteiger charge is 2.20. The number of methoxy groups -OCH3 is 1. The summed E-state index contributed by atoms with van der Waals surface area (Å²) >= 11 is 3.23. The van der Waals surface area contributed by atoms with E-state index in [0.29, 0.717) is 21.1 Å². The van der Waals surface area contributed by atoms with Crippen LogP contribution < -0.4 is 4.74 Å². The van der Waals surface area contributed by atoms with Crippen LogP contribution in [0, 0.1) is 13.7 Å². The van der Waals surface area contributed by atoms with Crippen LogP contribution in [-0.2, 0) is 0 Å². The van der Waals surface area contributed by atoms with Crippen molar-refractivity contribution in [2.24, 2.45) is 0 Å². The summed E-state index contributed by atoms with van der Waals surface area (Å²) in [7, 11) is 4.84. The topological polar surface area (TPSA) is 72.7 Å². The molecule has 24 heavy (non-hydrogen) atoms. The third-order valence-corrected chi connectivity index (χ3v) is 4.97. The molecular formula is C16H15IN2O4S. The fourth-order valence-electron chi connectivity index (χ4n) is 1.97. The maximum atomic E-state index is 12.4. The molecular weight excluding hydrogens is 443 g/mol. The number of hydrogen-bond donors (Lipinski definition) is 0. The Morgan fingerprint density at radius 1 is 1.21 bits per heavy atom. The van der Waals surface area contributed by atoms with Crippen LogP contribution in [0.1, 0.15) is 10.4 Å². The van der Waals surface area contributed by atoms with Gasteiger partial charge >= 0.3 is 0 Å². The van der Waals surface area contributed by atoms with Crippen molar-refractivity contribution < 1.29 is 14.5 Å². The van der Waals surface area contributed by atoms with Gasteiger partial charge in [-0.3, -0.25) is 14.9 Å². The van der Waals surface area contributed by atoms with Crippen molar-refractivity contribution in [3.8, 4) is 5.75 Å². The van der Waals surface area contributed by atoms with Gasteiger partial charge in [0, 0.05) is 28.6 Å². The summed E-state index contributed by atoms with van der Waals surface area (Å²) in [5.74, 6) is 0.367. The maximum absolute atomic E-state index is 12.4. The molecule has 0 saturated heterocycles. The zero-order valence-corrected chi connectivity index (χ0v) is 16.3. The standard InChI is InChI=1S/C16H15IN2O4S/c1-18(2)16(20)12-9-11(23-3)5-7-14(12)24-15-6-4-10(17)8-13(15)19(21)22/h4-9H,1-3H3. The van der Waals surface area contributed by atoms with Gasteiger partial charge in [-0.25, -0.2) is 0 Å². The van der Waals surface area contributed by atoms with Gasteiger partial charge in [0.1, 0.15) is 5.75 Å². The summed E-state index contributed by atoms with van der Waals surface area (Å²) < 4.78 is 5.96. The largest absolute Gasteiger partial charge is 0.497 e. The normalized spacial score (nSPS) is 10.3. The summed E-state index contributed by atoms with van der Waals surface area (Å²) in [6.45, 7) is 0. The molecule has 0 atom stereocenters. The van der Waals surface area contributed by atoms with Crippen LogP contribution in [0.3, 0.4) is 0 Å². The summed E-state index contributed by atoms with van der Waals surface area (Å²) in [4.78, 5) is 25.9.